The van der Waals surface area contributed by atoms with Crippen LogP contribution < -0.4 is 0 Å². The van der Waals surface area contributed by atoms with Gasteiger partial charge in [0.15, 0.2) is 0 Å². The average Bonchev–Trinajstić information content (AvgIpc) is 2.14. The summed E-state index contributed by atoms with van der Waals surface area (Å²) in [6.07, 6.45) is 4.53. The molecule has 0 aliphatic carbocycles. The van der Waals surface area contributed by atoms with E-state index in [2.05, 4.69) is 69.0 Å². The molecule has 0 fully saturated rings. The minimum absolute atomic E-state index is 0.647. The highest BCUT2D eigenvalue weighted by molar-refractivity contribution is 6.77. The van der Waals surface area contributed by atoms with Crippen molar-refractivity contribution < 1.29 is 0 Å². The third-order valence-electron chi connectivity index (χ3n) is 2.48. The summed E-state index contributed by atoms with van der Waals surface area (Å²) in [5.74, 6) is 0. The summed E-state index contributed by atoms with van der Waals surface area (Å²) >= 11 is 0. The molecule has 0 heterocycles. The summed E-state index contributed by atoms with van der Waals surface area (Å²) in [7, 11) is -1.14. The standard InChI is InChI=1S/C13H20Si/c1-5-9-13(14(2,3)4)12-10-7-6-8-11-12/h5-11,13H,1-4H3/b9-5-. The van der Waals surface area contributed by atoms with Gasteiger partial charge < -0.3 is 0 Å². The lowest BCUT2D eigenvalue weighted by molar-refractivity contribution is 1.13. The van der Waals surface area contributed by atoms with Crippen LogP contribution in [0.15, 0.2) is 42.5 Å². The lowest BCUT2D eigenvalue weighted by Crippen LogP contribution is -2.29. The van der Waals surface area contributed by atoms with Gasteiger partial charge in [0.2, 0.25) is 0 Å². The molecular formula is C13H20Si. The van der Waals surface area contributed by atoms with Gasteiger partial charge in [0.05, 0.1) is 8.07 Å². The molecule has 0 saturated carbocycles. The Kier molecular flexibility index (Phi) is 3.70. The monoisotopic (exact) mass is 204 g/mol. The molecule has 1 rings (SSSR count). The Bertz CT molecular complexity index is 293. The SMILES string of the molecule is C/C=C\C(c1ccccc1)[Si](C)(C)C. The molecule has 0 radical (unpaired) electrons. The maximum Gasteiger partial charge on any atom is 0.0565 e. The molecule has 14 heavy (non-hydrogen) atoms. The lowest BCUT2D eigenvalue weighted by atomic mass is 10.1. The first-order chi connectivity index (χ1) is 6.55. The van der Waals surface area contributed by atoms with E-state index in [1.54, 1.807) is 0 Å². The molecule has 0 bridgehead atoms. The molecule has 76 valence electrons. The van der Waals surface area contributed by atoms with Crippen molar-refractivity contribution in [3.8, 4) is 0 Å². The van der Waals surface area contributed by atoms with E-state index in [0.29, 0.717) is 5.54 Å². The summed E-state index contributed by atoms with van der Waals surface area (Å²) < 4.78 is 0. The normalized spacial score (nSPS) is 14.6. The topological polar surface area (TPSA) is 0 Å². The fourth-order valence-electron chi connectivity index (χ4n) is 1.75. The van der Waals surface area contributed by atoms with Crippen LogP contribution in [0, 0.1) is 0 Å². The minimum atomic E-state index is -1.14. The fourth-order valence-corrected chi connectivity index (χ4v) is 3.71. The molecule has 1 aromatic carbocycles. The predicted octanol–water partition coefficient (Wildman–Crippen LogP) is 4.22. The average molecular weight is 204 g/mol. The number of hydrogen-bond donors (Lipinski definition) is 0. The molecular weight excluding hydrogens is 184 g/mol. The molecule has 1 aromatic rings. The zero-order valence-corrected chi connectivity index (χ0v) is 10.6. The molecule has 1 atom stereocenters. The van der Waals surface area contributed by atoms with Gasteiger partial charge in [-0.2, -0.15) is 0 Å². The van der Waals surface area contributed by atoms with Gasteiger partial charge in [-0.25, -0.2) is 0 Å². The first kappa shape index (κ1) is 11.3. The molecule has 0 spiro atoms. The third kappa shape index (κ3) is 2.84. The van der Waals surface area contributed by atoms with Crippen molar-refractivity contribution in [2.75, 3.05) is 0 Å². The van der Waals surface area contributed by atoms with Crippen LogP contribution >= 0.6 is 0 Å². The summed E-state index contributed by atoms with van der Waals surface area (Å²) in [5, 5.41) is 0. The van der Waals surface area contributed by atoms with E-state index in [4.69, 9.17) is 0 Å². The molecule has 0 aromatic heterocycles. The Morgan fingerprint density at radius 2 is 1.64 bits per heavy atom. The number of hydrogen-bond acceptors (Lipinski definition) is 0. The molecule has 0 aliphatic heterocycles. The van der Waals surface area contributed by atoms with Crippen LogP contribution in [0.5, 0.6) is 0 Å². The maximum atomic E-state index is 2.42. The first-order valence-corrected chi connectivity index (χ1v) is 8.81. The molecule has 0 aliphatic rings. The van der Waals surface area contributed by atoms with Crippen LogP contribution in [-0.4, -0.2) is 8.07 Å². The summed E-state index contributed by atoms with van der Waals surface area (Å²) in [5.41, 5.74) is 2.11. The van der Waals surface area contributed by atoms with E-state index >= 15 is 0 Å². The van der Waals surface area contributed by atoms with Crippen LogP contribution in [0.4, 0.5) is 0 Å². The second kappa shape index (κ2) is 4.60. The van der Waals surface area contributed by atoms with Crippen molar-refractivity contribution in [2.45, 2.75) is 32.1 Å². The quantitative estimate of drug-likeness (QED) is 0.511. The van der Waals surface area contributed by atoms with Crippen molar-refractivity contribution in [1.82, 2.24) is 0 Å². The third-order valence-corrected chi connectivity index (χ3v) is 4.87. The van der Waals surface area contributed by atoms with Crippen LogP contribution in [-0.2, 0) is 0 Å². The van der Waals surface area contributed by atoms with Gasteiger partial charge >= 0.3 is 0 Å². The first-order valence-electron chi connectivity index (χ1n) is 5.23. The van der Waals surface area contributed by atoms with Crippen LogP contribution in [0.1, 0.15) is 18.0 Å². The van der Waals surface area contributed by atoms with Crippen LogP contribution in [0.3, 0.4) is 0 Å². The Balaban J connectivity index is 3.01. The van der Waals surface area contributed by atoms with Crippen molar-refractivity contribution in [1.29, 1.82) is 0 Å². The van der Waals surface area contributed by atoms with E-state index in [-0.39, 0.29) is 0 Å². The van der Waals surface area contributed by atoms with Crippen molar-refractivity contribution >= 4 is 8.07 Å². The molecule has 0 saturated heterocycles. The van der Waals surface area contributed by atoms with E-state index < -0.39 is 8.07 Å². The molecule has 0 nitrogen and oxygen atoms in total. The van der Waals surface area contributed by atoms with Gasteiger partial charge in [-0.05, 0) is 18.0 Å². The zero-order chi connectivity index (χ0) is 10.6. The Hall–Kier alpha value is -0.823. The van der Waals surface area contributed by atoms with Gasteiger partial charge in [0.1, 0.15) is 0 Å². The Labute approximate surface area is 88.7 Å². The highest BCUT2D eigenvalue weighted by Gasteiger charge is 2.25. The molecule has 0 amide bonds. The summed E-state index contributed by atoms with van der Waals surface area (Å²) in [6, 6.07) is 10.8. The Morgan fingerprint density at radius 1 is 1.07 bits per heavy atom. The zero-order valence-electron chi connectivity index (χ0n) is 9.62. The predicted molar refractivity (Wildman–Crippen MR) is 67.3 cm³/mol. The van der Waals surface area contributed by atoms with E-state index in [9.17, 15) is 0 Å². The van der Waals surface area contributed by atoms with Gasteiger partial charge in [-0.15, -0.1) is 0 Å². The highest BCUT2D eigenvalue weighted by Crippen LogP contribution is 2.27. The number of benzene rings is 1. The largest absolute Gasteiger partial charge is 0.0913 e. The van der Waals surface area contributed by atoms with E-state index in [1.165, 1.54) is 5.56 Å². The van der Waals surface area contributed by atoms with Gasteiger partial charge in [-0.3, -0.25) is 0 Å². The Morgan fingerprint density at radius 3 is 2.07 bits per heavy atom. The molecule has 1 heteroatoms. The van der Waals surface area contributed by atoms with Crippen LogP contribution in [0.2, 0.25) is 19.6 Å². The van der Waals surface area contributed by atoms with Gasteiger partial charge in [0, 0.05) is 0 Å². The van der Waals surface area contributed by atoms with Crippen molar-refractivity contribution in [2.24, 2.45) is 0 Å². The summed E-state index contributed by atoms with van der Waals surface area (Å²) in [6.45, 7) is 9.37. The van der Waals surface area contributed by atoms with Crippen LogP contribution in [0.25, 0.3) is 0 Å². The van der Waals surface area contributed by atoms with Gasteiger partial charge in [-0.1, -0.05) is 62.1 Å². The number of allylic oxidation sites excluding steroid dienone is 2. The smallest absolute Gasteiger partial charge is 0.0565 e. The second-order valence-electron chi connectivity index (χ2n) is 4.78. The van der Waals surface area contributed by atoms with Crippen molar-refractivity contribution in [3.63, 3.8) is 0 Å². The lowest BCUT2D eigenvalue weighted by Gasteiger charge is -2.26. The van der Waals surface area contributed by atoms with Gasteiger partial charge in [0.25, 0.3) is 0 Å². The molecule has 1 unspecified atom stereocenters. The number of rotatable bonds is 3. The minimum Gasteiger partial charge on any atom is -0.0913 e. The maximum absolute atomic E-state index is 2.42. The van der Waals surface area contributed by atoms with E-state index in [0.717, 1.165) is 0 Å². The second-order valence-corrected chi connectivity index (χ2v) is 10.1. The molecule has 0 N–H and O–H groups in total. The van der Waals surface area contributed by atoms with E-state index in [1.807, 2.05) is 0 Å². The van der Waals surface area contributed by atoms with Crippen molar-refractivity contribution in [3.05, 3.63) is 48.0 Å². The highest BCUT2D eigenvalue weighted by atomic mass is 28.3. The fraction of sp³-hybridized carbons (Fsp3) is 0.385. The summed E-state index contributed by atoms with van der Waals surface area (Å²) in [4.78, 5) is 0.